The summed E-state index contributed by atoms with van der Waals surface area (Å²) in [6.07, 6.45) is 3.49. The van der Waals surface area contributed by atoms with E-state index in [4.69, 9.17) is 9.47 Å². The number of rotatable bonds is 3. The molecule has 0 saturated heterocycles. The summed E-state index contributed by atoms with van der Waals surface area (Å²) < 4.78 is 12.6. The molecule has 2 aromatic heterocycles. The number of aromatic hydroxyl groups is 1. The molecule has 1 N–H and O–H groups in total. The van der Waals surface area contributed by atoms with Gasteiger partial charge >= 0.3 is 0 Å². The molecule has 4 rings (SSSR count). The van der Waals surface area contributed by atoms with Crippen LogP contribution in [0, 0.1) is 0 Å². The summed E-state index contributed by atoms with van der Waals surface area (Å²) in [5.74, 6) is 2.23. The summed E-state index contributed by atoms with van der Waals surface area (Å²) in [5, 5.41) is 11.2. The third-order valence-corrected chi connectivity index (χ3v) is 4.25. The van der Waals surface area contributed by atoms with Crippen LogP contribution in [0.2, 0.25) is 0 Å². The number of nitrogens with zero attached hydrogens (tertiary/aromatic N) is 4. The predicted octanol–water partition coefficient (Wildman–Crippen LogP) is 2.54. The monoisotopic (exact) mass is 326 g/mol. The molecule has 7 nitrogen and oxygen atoms in total. The maximum Gasteiger partial charge on any atom is 0.231 e. The molecule has 3 heterocycles. The van der Waals surface area contributed by atoms with E-state index < -0.39 is 0 Å². The molecule has 1 aromatic carbocycles. The van der Waals surface area contributed by atoms with Crippen LogP contribution in [0.3, 0.4) is 0 Å². The summed E-state index contributed by atoms with van der Waals surface area (Å²) in [4.78, 5) is 10.6. The van der Waals surface area contributed by atoms with E-state index >= 15 is 0 Å². The summed E-state index contributed by atoms with van der Waals surface area (Å²) in [6.45, 7) is 2.26. The van der Waals surface area contributed by atoms with Crippen molar-refractivity contribution in [1.29, 1.82) is 0 Å². The van der Waals surface area contributed by atoms with Crippen molar-refractivity contribution in [3.8, 4) is 17.4 Å². The topological polar surface area (TPSA) is 72.6 Å². The van der Waals surface area contributed by atoms with E-state index in [9.17, 15) is 5.11 Å². The van der Waals surface area contributed by atoms with Gasteiger partial charge in [0.05, 0.1) is 16.9 Å². The Morgan fingerprint density at radius 3 is 2.83 bits per heavy atom. The Balaban J connectivity index is 1.76. The van der Waals surface area contributed by atoms with Gasteiger partial charge in [-0.25, -0.2) is 9.97 Å². The Hall–Kier alpha value is -2.96. The molecule has 0 saturated carbocycles. The SMILES string of the molecule is CC(c1ccc2c(c1)OCO2)n1cc2nc(N(C)C)ncc2c1O. The molecule has 7 heteroatoms. The van der Waals surface area contributed by atoms with Crippen LogP contribution in [-0.4, -0.2) is 40.5 Å². The van der Waals surface area contributed by atoms with E-state index in [-0.39, 0.29) is 18.7 Å². The third-order valence-electron chi connectivity index (χ3n) is 4.25. The maximum absolute atomic E-state index is 10.6. The maximum atomic E-state index is 10.6. The smallest absolute Gasteiger partial charge is 0.231 e. The van der Waals surface area contributed by atoms with Crippen LogP contribution in [0.15, 0.2) is 30.6 Å². The minimum atomic E-state index is -0.0866. The van der Waals surface area contributed by atoms with Crippen molar-refractivity contribution in [2.75, 3.05) is 25.8 Å². The molecule has 0 fully saturated rings. The van der Waals surface area contributed by atoms with E-state index in [1.165, 1.54) is 0 Å². The molecule has 1 aliphatic heterocycles. The number of hydrogen-bond acceptors (Lipinski definition) is 6. The van der Waals surface area contributed by atoms with Crippen molar-refractivity contribution in [2.45, 2.75) is 13.0 Å². The van der Waals surface area contributed by atoms with Crippen LogP contribution in [-0.2, 0) is 0 Å². The standard InChI is InChI=1S/C17H18N4O3/c1-10(11-4-5-14-15(6-11)24-9-23-14)21-8-13-12(16(21)22)7-18-17(19-13)20(2)3/h4-8,10,22H,9H2,1-3H3. The van der Waals surface area contributed by atoms with E-state index in [0.29, 0.717) is 16.9 Å². The lowest BCUT2D eigenvalue weighted by molar-refractivity contribution is 0.174. The van der Waals surface area contributed by atoms with Crippen molar-refractivity contribution in [2.24, 2.45) is 0 Å². The van der Waals surface area contributed by atoms with Gasteiger partial charge in [-0.15, -0.1) is 0 Å². The average molecular weight is 326 g/mol. The fourth-order valence-electron chi connectivity index (χ4n) is 2.83. The average Bonchev–Trinajstić information content (AvgIpc) is 3.17. The van der Waals surface area contributed by atoms with Crippen LogP contribution in [0.5, 0.6) is 17.4 Å². The molecular weight excluding hydrogens is 308 g/mol. The molecule has 0 bridgehead atoms. The predicted molar refractivity (Wildman–Crippen MR) is 89.9 cm³/mol. The van der Waals surface area contributed by atoms with Crippen molar-refractivity contribution in [3.05, 3.63) is 36.2 Å². The summed E-state index contributed by atoms with van der Waals surface area (Å²) in [5.41, 5.74) is 1.72. The van der Waals surface area contributed by atoms with Crippen molar-refractivity contribution in [3.63, 3.8) is 0 Å². The Morgan fingerprint density at radius 2 is 2.04 bits per heavy atom. The number of aromatic nitrogens is 3. The zero-order chi connectivity index (χ0) is 16.8. The van der Waals surface area contributed by atoms with Gasteiger partial charge in [-0.2, -0.15) is 0 Å². The van der Waals surface area contributed by atoms with Gasteiger partial charge in [-0.1, -0.05) is 6.07 Å². The zero-order valence-corrected chi connectivity index (χ0v) is 13.7. The van der Waals surface area contributed by atoms with Gasteiger partial charge in [0.15, 0.2) is 11.5 Å². The van der Waals surface area contributed by atoms with E-state index in [2.05, 4.69) is 9.97 Å². The Bertz CT molecular complexity index is 920. The molecule has 0 radical (unpaired) electrons. The van der Waals surface area contributed by atoms with Crippen LogP contribution in [0.25, 0.3) is 10.9 Å². The largest absolute Gasteiger partial charge is 0.494 e. The second-order valence-corrected chi connectivity index (χ2v) is 6.01. The zero-order valence-electron chi connectivity index (χ0n) is 13.7. The summed E-state index contributed by atoms with van der Waals surface area (Å²) in [7, 11) is 3.76. The highest BCUT2D eigenvalue weighted by molar-refractivity contribution is 5.84. The van der Waals surface area contributed by atoms with E-state index in [0.717, 1.165) is 17.1 Å². The number of hydrogen-bond donors (Lipinski definition) is 1. The Labute approximate surface area is 139 Å². The molecule has 0 aliphatic carbocycles. The van der Waals surface area contributed by atoms with E-state index in [1.54, 1.807) is 10.8 Å². The fraction of sp³-hybridized carbons (Fsp3) is 0.294. The van der Waals surface area contributed by atoms with E-state index in [1.807, 2.05) is 50.3 Å². The minimum Gasteiger partial charge on any atom is -0.494 e. The minimum absolute atomic E-state index is 0.0866. The van der Waals surface area contributed by atoms with Gasteiger partial charge in [0.25, 0.3) is 0 Å². The van der Waals surface area contributed by atoms with Crippen molar-refractivity contribution in [1.82, 2.24) is 14.5 Å². The van der Waals surface area contributed by atoms with Crippen molar-refractivity contribution < 1.29 is 14.6 Å². The number of anilines is 1. The first kappa shape index (κ1) is 14.6. The summed E-state index contributed by atoms with van der Waals surface area (Å²) >= 11 is 0. The van der Waals surface area contributed by atoms with Crippen LogP contribution < -0.4 is 14.4 Å². The molecule has 1 aliphatic rings. The highest BCUT2D eigenvalue weighted by Crippen LogP contribution is 2.37. The van der Waals surface area contributed by atoms with Gasteiger partial charge in [-0.3, -0.25) is 0 Å². The molecular formula is C17H18N4O3. The lowest BCUT2D eigenvalue weighted by Crippen LogP contribution is -2.12. The summed E-state index contributed by atoms with van der Waals surface area (Å²) in [6, 6.07) is 5.71. The molecule has 1 atom stereocenters. The fourth-order valence-corrected chi connectivity index (χ4v) is 2.83. The quantitative estimate of drug-likeness (QED) is 0.797. The highest BCUT2D eigenvalue weighted by atomic mass is 16.7. The molecule has 0 amide bonds. The van der Waals surface area contributed by atoms with Gasteiger partial charge in [0, 0.05) is 26.5 Å². The molecule has 24 heavy (non-hydrogen) atoms. The molecule has 3 aromatic rings. The second-order valence-electron chi connectivity index (χ2n) is 6.01. The van der Waals surface area contributed by atoms with Gasteiger partial charge in [0.1, 0.15) is 0 Å². The highest BCUT2D eigenvalue weighted by Gasteiger charge is 2.20. The van der Waals surface area contributed by atoms with Crippen LogP contribution in [0.4, 0.5) is 5.95 Å². The van der Waals surface area contributed by atoms with Gasteiger partial charge < -0.3 is 24.0 Å². The molecule has 124 valence electrons. The van der Waals surface area contributed by atoms with Crippen LogP contribution >= 0.6 is 0 Å². The number of benzene rings is 1. The van der Waals surface area contributed by atoms with Crippen LogP contribution in [0.1, 0.15) is 18.5 Å². The third kappa shape index (κ3) is 2.20. The lowest BCUT2D eigenvalue weighted by Gasteiger charge is -2.15. The normalized spacial score (nSPS) is 14.1. The Kier molecular flexibility index (Phi) is 3.23. The first-order valence-electron chi connectivity index (χ1n) is 7.68. The number of ether oxygens (including phenoxy) is 2. The molecule has 1 unspecified atom stereocenters. The number of fused-ring (bicyclic) bond motifs is 2. The second kappa shape index (κ2) is 5.30. The van der Waals surface area contributed by atoms with Crippen molar-refractivity contribution >= 4 is 16.9 Å². The van der Waals surface area contributed by atoms with Gasteiger partial charge in [-0.05, 0) is 24.6 Å². The first-order chi connectivity index (χ1) is 11.5. The molecule has 0 spiro atoms. The lowest BCUT2D eigenvalue weighted by atomic mass is 10.1. The Morgan fingerprint density at radius 1 is 1.25 bits per heavy atom. The van der Waals surface area contributed by atoms with Gasteiger partial charge in [0.2, 0.25) is 18.6 Å². The first-order valence-corrected chi connectivity index (χ1v) is 7.68.